The van der Waals surface area contributed by atoms with Crippen molar-refractivity contribution in [3.05, 3.63) is 17.4 Å². The van der Waals surface area contributed by atoms with Crippen LogP contribution in [0.4, 0.5) is 8.78 Å². The van der Waals surface area contributed by atoms with Crippen molar-refractivity contribution in [3.8, 4) is 0 Å². The van der Waals surface area contributed by atoms with Gasteiger partial charge in [0.1, 0.15) is 6.04 Å². The van der Waals surface area contributed by atoms with Crippen LogP contribution in [0.2, 0.25) is 5.02 Å². The number of aromatic nitrogens is 2. The van der Waals surface area contributed by atoms with Gasteiger partial charge in [-0.1, -0.05) is 11.6 Å². The Bertz CT molecular complexity index is 329. The standard InChI is InChI=1S/C7H7ClF2N2O2/c8-4-2-11-12(3-4)5(7(9)10)1-6(13)14/h2-3,5,7H,1H2,(H,13,14). The number of carboxylic acids is 1. The maximum Gasteiger partial charge on any atom is 0.305 e. The number of alkyl halides is 2. The molecule has 0 saturated heterocycles. The van der Waals surface area contributed by atoms with E-state index in [1.165, 1.54) is 12.4 Å². The van der Waals surface area contributed by atoms with Gasteiger partial charge in [0.2, 0.25) is 0 Å². The molecule has 0 spiro atoms. The minimum atomic E-state index is -2.79. The number of rotatable bonds is 4. The van der Waals surface area contributed by atoms with Crippen molar-refractivity contribution in [1.82, 2.24) is 9.78 Å². The lowest BCUT2D eigenvalue weighted by Gasteiger charge is -2.13. The van der Waals surface area contributed by atoms with Crippen LogP contribution >= 0.6 is 11.6 Å². The molecule has 14 heavy (non-hydrogen) atoms. The van der Waals surface area contributed by atoms with E-state index in [2.05, 4.69) is 5.10 Å². The number of carboxylic acid groups (broad SMARTS) is 1. The monoisotopic (exact) mass is 224 g/mol. The lowest BCUT2D eigenvalue weighted by Crippen LogP contribution is -2.21. The van der Waals surface area contributed by atoms with Crippen LogP contribution in [0, 0.1) is 0 Å². The molecular formula is C7H7ClF2N2O2. The Morgan fingerprint density at radius 1 is 1.71 bits per heavy atom. The van der Waals surface area contributed by atoms with Crippen LogP contribution in [-0.4, -0.2) is 27.3 Å². The summed E-state index contributed by atoms with van der Waals surface area (Å²) in [5, 5.41) is 12.1. The molecule has 0 aromatic carbocycles. The Balaban J connectivity index is 2.82. The van der Waals surface area contributed by atoms with Gasteiger partial charge in [0.05, 0.1) is 17.6 Å². The Morgan fingerprint density at radius 3 is 2.71 bits per heavy atom. The van der Waals surface area contributed by atoms with E-state index in [1.807, 2.05) is 0 Å². The van der Waals surface area contributed by atoms with Crippen molar-refractivity contribution < 1.29 is 18.7 Å². The van der Waals surface area contributed by atoms with Gasteiger partial charge in [-0.15, -0.1) is 0 Å². The van der Waals surface area contributed by atoms with E-state index in [1.54, 1.807) is 0 Å². The summed E-state index contributed by atoms with van der Waals surface area (Å²) in [6.45, 7) is 0. The molecule has 1 N–H and O–H groups in total. The maximum absolute atomic E-state index is 12.4. The van der Waals surface area contributed by atoms with Crippen molar-refractivity contribution in [3.63, 3.8) is 0 Å². The van der Waals surface area contributed by atoms with Crippen LogP contribution in [0.3, 0.4) is 0 Å². The molecule has 0 saturated carbocycles. The molecule has 1 unspecified atom stereocenters. The largest absolute Gasteiger partial charge is 0.481 e. The van der Waals surface area contributed by atoms with Gasteiger partial charge >= 0.3 is 5.97 Å². The predicted molar refractivity (Wildman–Crippen MR) is 44.5 cm³/mol. The summed E-state index contributed by atoms with van der Waals surface area (Å²) >= 11 is 5.47. The second-order valence-electron chi connectivity index (χ2n) is 2.64. The van der Waals surface area contributed by atoms with E-state index < -0.39 is 24.9 Å². The Hall–Kier alpha value is -1.17. The fourth-order valence-corrected chi connectivity index (χ4v) is 1.12. The highest BCUT2D eigenvalue weighted by molar-refractivity contribution is 6.30. The molecule has 0 aliphatic carbocycles. The first-order chi connectivity index (χ1) is 6.50. The second kappa shape index (κ2) is 4.36. The predicted octanol–water partition coefficient (Wildman–Crippen LogP) is 1.82. The first kappa shape index (κ1) is 10.9. The Labute approximate surface area is 83.1 Å². The molecule has 1 aromatic heterocycles. The summed E-state index contributed by atoms with van der Waals surface area (Å²) < 4.78 is 25.6. The molecule has 1 heterocycles. The van der Waals surface area contributed by atoms with Gasteiger partial charge < -0.3 is 5.11 Å². The molecule has 0 aliphatic rings. The van der Waals surface area contributed by atoms with Crippen LogP contribution in [-0.2, 0) is 4.79 Å². The number of hydrogen-bond acceptors (Lipinski definition) is 2. The number of halogens is 3. The smallest absolute Gasteiger partial charge is 0.305 e. The highest BCUT2D eigenvalue weighted by atomic mass is 35.5. The molecule has 0 amide bonds. The third kappa shape index (κ3) is 2.66. The van der Waals surface area contributed by atoms with E-state index in [9.17, 15) is 13.6 Å². The molecular weight excluding hydrogens is 218 g/mol. The van der Waals surface area contributed by atoms with Gasteiger partial charge in [0.25, 0.3) is 6.43 Å². The molecule has 78 valence electrons. The molecule has 0 radical (unpaired) electrons. The molecule has 0 bridgehead atoms. The molecule has 0 fully saturated rings. The highest BCUT2D eigenvalue weighted by Gasteiger charge is 2.25. The highest BCUT2D eigenvalue weighted by Crippen LogP contribution is 2.21. The van der Waals surface area contributed by atoms with E-state index in [0.717, 1.165) is 4.68 Å². The first-order valence-electron chi connectivity index (χ1n) is 3.70. The van der Waals surface area contributed by atoms with Crippen molar-refractivity contribution >= 4 is 17.6 Å². The van der Waals surface area contributed by atoms with Crippen LogP contribution < -0.4 is 0 Å². The molecule has 7 heteroatoms. The quantitative estimate of drug-likeness (QED) is 0.849. The number of aliphatic carboxylic acids is 1. The summed E-state index contributed by atoms with van der Waals surface area (Å²) in [4.78, 5) is 10.3. The zero-order valence-electron chi connectivity index (χ0n) is 6.90. The average Bonchev–Trinajstić information content (AvgIpc) is 2.46. The number of carbonyl (C=O) groups is 1. The first-order valence-corrected chi connectivity index (χ1v) is 4.08. The zero-order chi connectivity index (χ0) is 10.7. The SMILES string of the molecule is O=C(O)CC(C(F)F)n1cc(Cl)cn1. The van der Waals surface area contributed by atoms with Gasteiger partial charge in [0.15, 0.2) is 0 Å². The topological polar surface area (TPSA) is 55.1 Å². The number of hydrogen-bond donors (Lipinski definition) is 1. The van der Waals surface area contributed by atoms with E-state index in [0.29, 0.717) is 0 Å². The van der Waals surface area contributed by atoms with Gasteiger partial charge in [0, 0.05) is 6.20 Å². The Kier molecular flexibility index (Phi) is 3.40. The van der Waals surface area contributed by atoms with Gasteiger partial charge in [-0.3, -0.25) is 9.48 Å². The fourth-order valence-electron chi connectivity index (χ4n) is 0.973. The van der Waals surface area contributed by atoms with Crippen molar-refractivity contribution in [2.24, 2.45) is 0 Å². The summed E-state index contributed by atoms with van der Waals surface area (Å²) in [6, 6.07) is -1.47. The van der Waals surface area contributed by atoms with Crippen molar-refractivity contribution in [2.45, 2.75) is 18.9 Å². The van der Waals surface area contributed by atoms with Gasteiger partial charge in [-0.2, -0.15) is 5.10 Å². The maximum atomic E-state index is 12.4. The molecule has 4 nitrogen and oxygen atoms in total. The van der Waals surface area contributed by atoms with Crippen molar-refractivity contribution in [1.29, 1.82) is 0 Å². The normalized spacial score (nSPS) is 13.1. The van der Waals surface area contributed by atoms with Gasteiger partial charge in [-0.25, -0.2) is 8.78 Å². The van der Waals surface area contributed by atoms with Crippen LogP contribution in [0.1, 0.15) is 12.5 Å². The summed E-state index contributed by atoms with van der Waals surface area (Å²) in [5.74, 6) is -1.30. The van der Waals surface area contributed by atoms with Crippen LogP contribution in [0.5, 0.6) is 0 Å². The van der Waals surface area contributed by atoms with E-state index in [-0.39, 0.29) is 5.02 Å². The lowest BCUT2D eigenvalue weighted by molar-refractivity contribution is -0.139. The molecule has 1 rings (SSSR count). The lowest BCUT2D eigenvalue weighted by atomic mass is 10.2. The third-order valence-electron chi connectivity index (χ3n) is 1.58. The third-order valence-corrected chi connectivity index (χ3v) is 1.78. The molecule has 1 atom stereocenters. The van der Waals surface area contributed by atoms with Crippen molar-refractivity contribution in [2.75, 3.05) is 0 Å². The van der Waals surface area contributed by atoms with Crippen LogP contribution in [0.15, 0.2) is 12.4 Å². The zero-order valence-corrected chi connectivity index (χ0v) is 7.66. The Morgan fingerprint density at radius 2 is 2.36 bits per heavy atom. The van der Waals surface area contributed by atoms with E-state index >= 15 is 0 Å². The minimum absolute atomic E-state index is 0.195. The van der Waals surface area contributed by atoms with E-state index in [4.69, 9.17) is 16.7 Å². The van der Waals surface area contributed by atoms with Gasteiger partial charge in [-0.05, 0) is 0 Å². The summed E-state index contributed by atoms with van der Waals surface area (Å²) in [5.41, 5.74) is 0. The average molecular weight is 225 g/mol. The minimum Gasteiger partial charge on any atom is -0.481 e. The molecule has 1 aromatic rings. The molecule has 0 aliphatic heterocycles. The summed E-state index contributed by atoms with van der Waals surface area (Å²) in [6.07, 6.45) is -1.13. The number of nitrogens with zero attached hydrogens (tertiary/aromatic N) is 2. The second-order valence-corrected chi connectivity index (χ2v) is 3.07. The fraction of sp³-hybridized carbons (Fsp3) is 0.429. The van der Waals surface area contributed by atoms with Crippen LogP contribution in [0.25, 0.3) is 0 Å². The summed E-state index contributed by atoms with van der Waals surface area (Å²) in [7, 11) is 0.